The summed E-state index contributed by atoms with van der Waals surface area (Å²) in [6.07, 6.45) is 5.84. The fourth-order valence-corrected chi connectivity index (χ4v) is 4.49. The third kappa shape index (κ3) is 2.53. The minimum absolute atomic E-state index is 0.0549. The molecule has 2 heterocycles. The maximum atomic E-state index is 13.1. The van der Waals surface area contributed by atoms with Gasteiger partial charge in [0.1, 0.15) is 6.17 Å². The summed E-state index contributed by atoms with van der Waals surface area (Å²) < 4.78 is 0. The molecule has 0 radical (unpaired) electrons. The van der Waals surface area contributed by atoms with Crippen molar-refractivity contribution < 1.29 is 4.79 Å². The van der Waals surface area contributed by atoms with Crippen molar-refractivity contribution in [3.63, 3.8) is 0 Å². The van der Waals surface area contributed by atoms with Crippen LogP contribution in [0.1, 0.15) is 64.6 Å². The van der Waals surface area contributed by atoms with Crippen LogP contribution >= 0.6 is 11.3 Å². The number of amides is 1. The predicted molar refractivity (Wildman–Crippen MR) is 87.2 cm³/mol. The van der Waals surface area contributed by atoms with Gasteiger partial charge in [0.25, 0.3) is 0 Å². The van der Waals surface area contributed by atoms with E-state index in [1.807, 2.05) is 0 Å². The van der Waals surface area contributed by atoms with Crippen LogP contribution in [0, 0.1) is 5.92 Å². The maximum Gasteiger partial charge on any atom is 0.244 e. The van der Waals surface area contributed by atoms with Crippen molar-refractivity contribution in [2.45, 2.75) is 70.6 Å². The minimum atomic E-state index is -0.413. The van der Waals surface area contributed by atoms with E-state index in [1.54, 1.807) is 11.3 Å². The fraction of sp³-hybridized carbons (Fsp3) is 0.706. The van der Waals surface area contributed by atoms with E-state index in [-0.39, 0.29) is 6.17 Å². The van der Waals surface area contributed by atoms with Crippen molar-refractivity contribution in [3.8, 4) is 0 Å². The average molecular weight is 306 g/mol. The smallest absolute Gasteiger partial charge is 0.244 e. The fourth-order valence-electron chi connectivity index (χ4n) is 3.82. The molecule has 0 aromatic carbocycles. The minimum Gasteiger partial charge on any atom is -0.318 e. The molecule has 1 saturated heterocycles. The second-order valence-corrected chi connectivity index (χ2v) is 7.61. The Morgan fingerprint density at radius 2 is 2.19 bits per heavy atom. The molecule has 4 atom stereocenters. The van der Waals surface area contributed by atoms with Crippen LogP contribution in [0.25, 0.3) is 0 Å². The van der Waals surface area contributed by atoms with E-state index in [1.165, 1.54) is 24.8 Å². The zero-order valence-corrected chi connectivity index (χ0v) is 14.1. The van der Waals surface area contributed by atoms with Gasteiger partial charge in [0, 0.05) is 6.04 Å². The highest BCUT2D eigenvalue weighted by Crippen LogP contribution is 2.40. The van der Waals surface area contributed by atoms with Crippen LogP contribution in [0.4, 0.5) is 0 Å². The summed E-state index contributed by atoms with van der Waals surface area (Å²) in [5.41, 5.74) is 0.826. The first-order chi connectivity index (χ1) is 10.1. The zero-order valence-electron chi connectivity index (χ0n) is 13.3. The van der Waals surface area contributed by atoms with Gasteiger partial charge in [0.2, 0.25) is 5.91 Å². The largest absolute Gasteiger partial charge is 0.318 e. The molecule has 1 N–H and O–H groups in total. The molecular weight excluding hydrogens is 280 g/mol. The van der Waals surface area contributed by atoms with Gasteiger partial charge in [-0.3, -0.25) is 10.1 Å². The molecule has 21 heavy (non-hydrogen) atoms. The Balaban J connectivity index is 1.95. The normalized spacial score (nSPS) is 37.2. The third-order valence-electron chi connectivity index (χ3n) is 5.43. The van der Waals surface area contributed by atoms with E-state index in [9.17, 15) is 4.79 Å². The number of nitrogens with zero attached hydrogens (tertiary/aromatic N) is 1. The predicted octanol–water partition coefficient (Wildman–Crippen LogP) is 3.93. The van der Waals surface area contributed by atoms with Crippen LogP contribution in [0.3, 0.4) is 0 Å². The van der Waals surface area contributed by atoms with Gasteiger partial charge in [-0.25, -0.2) is 0 Å². The maximum absolute atomic E-state index is 13.1. The topological polar surface area (TPSA) is 32.3 Å². The summed E-state index contributed by atoms with van der Waals surface area (Å²) in [4.78, 5) is 15.3. The number of carbonyl (C=O) groups excluding carboxylic acids is 1. The highest BCUT2D eigenvalue weighted by atomic mass is 32.1. The van der Waals surface area contributed by atoms with Crippen molar-refractivity contribution in [1.82, 2.24) is 10.2 Å². The first-order valence-corrected chi connectivity index (χ1v) is 9.13. The van der Waals surface area contributed by atoms with Crippen LogP contribution in [0.15, 0.2) is 16.8 Å². The summed E-state index contributed by atoms with van der Waals surface area (Å²) in [6.45, 7) is 6.47. The number of nitrogens with one attached hydrogen (secondary N) is 1. The zero-order chi connectivity index (χ0) is 15.0. The molecule has 2 aliphatic rings. The van der Waals surface area contributed by atoms with Gasteiger partial charge in [-0.1, -0.05) is 26.7 Å². The van der Waals surface area contributed by atoms with E-state index in [0.717, 1.165) is 12.8 Å². The average Bonchev–Trinajstić information content (AvgIpc) is 3.09. The van der Waals surface area contributed by atoms with Crippen LogP contribution in [-0.4, -0.2) is 22.4 Å². The molecule has 0 bridgehead atoms. The molecule has 4 heteroatoms. The molecule has 1 aliphatic carbocycles. The number of hydrogen-bond acceptors (Lipinski definition) is 3. The Labute approximate surface area is 131 Å². The second-order valence-electron chi connectivity index (χ2n) is 6.83. The summed E-state index contributed by atoms with van der Waals surface area (Å²) >= 11 is 1.71. The quantitative estimate of drug-likeness (QED) is 0.918. The molecule has 3 nitrogen and oxygen atoms in total. The Hall–Kier alpha value is -0.870. The van der Waals surface area contributed by atoms with Gasteiger partial charge in [0.15, 0.2) is 0 Å². The van der Waals surface area contributed by atoms with Crippen LogP contribution in [0.5, 0.6) is 0 Å². The number of rotatable bonds is 3. The van der Waals surface area contributed by atoms with Crippen molar-refractivity contribution in [1.29, 1.82) is 0 Å². The van der Waals surface area contributed by atoms with E-state index >= 15 is 0 Å². The summed E-state index contributed by atoms with van der Waals surface area (Å²) in [6, 6.07) is 2.54. The first kappa shape index (κ1) is 15.0. The van der Waals surface area contributed by atoms with E-state index < -0.39 is 5.54 Å². The highest BCUT2D eigenvalue weighted by molar-refractivity contribution is 7.07. The van der Waals surface area contributed by atoms with Gasteiger partial charge >= 0.3 is 0 Å². The van der Waals surface area contributed by atoms with Gasteiger partial charge in [-0.05, 0) is 54.5 Å². The van der Waals surface area contributed by atoms with Crippen molar-refractivity contribution in [2.75, 3.05) is 0 Å². The molecule has 2 fully saturated rings. The summed E-state index contributed by atoms with van der Waals surface area (Å²) in [7, 11) is 0. The van der Waals surface area contributed by atoms with Gasteiger partial charge in [-0.2, -0.15) is 11.3 Å². The lowest BCUT2D eigenvalue weighted by atomic mass is 9.84. The Bertz CT molecular complexity index is 501. The van der Waals surface area contributed by atoms with E-state index in [0.29, 0.717) is 17.9 Å². The number of carbonyl (C=O) groups is 1. The van der Waals surface area contributed by atoms with Gasteiger partial charge in [0.05, 0.1) is 5.54 Å². The highest BCUT2D eigenvalue weighted by Gasteiger charge is 2.50. The van der Waals surface area contributed by atoms with Crippen LogP contribution in [0.2, 0.25) is 0 Å². The Kier molecular flexibility index (Phi) is 4.10. The molecule has 116 valence electrons. The third-order valence-corrected chi connectivity index (χ3v) is 6.13. The van der Waals surface area contributed by atoms with E-state index in [4.69, 9.17) is 0 Å². The lowest BCUT2D eigenvalue weighted by molar-refractivity contribution is -0.137. The SMILES string of the molecule is CCC1(C)NC(c2ccsc2)N(C2CCCCC2C)C1=O. The Morgan fingerprint density at radius 1 is 1.43 bits per heavy atom. The molecule has 1 aromatic heterocycles. The van der Waals surface area contributed by atoms with Crippen molar-refractivity contribution in [3.05, 3.63) is 22.4 Å². The van der Waals surface area contributed by atoms with E-state index in [2.05, 4.69) is 47.8 Å². The molecule has 1 saturated carbocycles. The standard InChI is InChI=1S/C17H26N2OS/c1-4-17(3)16(20)19(14-8-6-5-7-12(14)2)15(18-17)13-9-10-21-11-13/h9-12,14-15,18H,4-8H2,1-3H3. The summed E-state index contributed by atoms with van der Waals surface area (Å²) in [5, 5.41) is 7.90. The molecule has 1 aromatic rings. The van der Waals surface area contributed by atoms with Gasteiger partial charge < -0.3 is 4.90 Å². The molecular formula is C17H26N2OS. The molecule has 1 amide bonds. The molecule has 4 unspecified atom stereocenters. The van der Waals surface area contributed by atoms with Gasteiger partial charge in [-0.15, -0.1) is 0 Å². The Morgan fingerprint density at radius 3 is 2.81 bits per heavy atom. The van der Waals surface area contributed by atoms with Crippen molar-refractivity contribution in [2.24, 2.45) is 5.92 Å². The first-order valence-electron chi connectivity index (χ1n) is 8.19. The van der Waals surface area contributed by atoms with Crippen molar-refractivity contribution >= 4 is 17.2 Å². The molecule has 1 aliphatic heterocycles. The number of hydrogen-bond donors (Lipinski definition) is 1. The lowest BCUT2D eigenvalue weighted by Gasteiger charge is -2.39. The summed E-state index contributed by atoms with van der Waals surface area (Å²) in [5.74, 6) is 0.893. The monoisotopic (exact) mass is 306 g/mol. The lowest BCUT2D eigenvalue weighted by Crippen LogP contribution is -2.47. The molecule has 0 spiro atoms. The second kappa shape index (κ2) is 5.73. The molecule has 3 rings (SSSR count). The van der Waals surface area contributed by atoms with Crippen LogP contribution in [-0.2, 0) is 4.79 Å². The van der Waals surface area contributed by atoms with Crippen LogP contribution < -0.4 is 5.32 Å². The number of thiophene rings is 1.